The summed E-state index contributed by atoms with van der Waals surface area (Å²) in [6.45, 7) is 3.81. The van der Waals surface area contributed by atoms with E-state index in [0.29, 0.717) is 5.75 Å². The topological polar surface area (TPSA) is 43.4 Å². The lowest BCUT2D eigenvalue weighted by atomic mass is 10.3. The molecule has 5 heteroatoms. The second-order valence-electron chi connectivity index (χ2n) is 3.36. The average molecular weight is 249 g/mol. The van der Waals surface area contributed by atoms with Crippen LogP contribution in [0.15, 0.2) is 29.2 Å². The van der Waals surface area contributed by atoms with E-state index in [2.05, 4.69) is 0 Å². The van der Waals surface area contributed by atoms with Crippen LogP contribution in [-0.4, -0.2) is 19.7 Å². The van der Waals surface area contributed by atoms with Crippen LogP contribution >= 0.6 is 11.6 Å². The zero-order valence-electron chi connectivity index (χ0n) is 8.60. The molecular formula is C10H13ClO3S. The van der Waals surface area contributed by atoms with Crippen LogP contribution in [0.1, 0.15) is 13.8 Å². The van der Waals surface area contributed by atoms with E-state index in [9.17, 15) is 8.42 Å². The summed E-state index contributed by atoms with van der Waals surface area (Å²) < 4.78 is 28.1. The summed E-state index contributed by atoms with van der Waals surface area (Å²) in [4.78, 5) is 0.216. The molecule has 0 radical (unpaired) electrons. The standard InChI is InChI=1S/C10H13ClO3S/c1-8(2)14-9-3-5-10(6-4-9)15(12,13)7-11/h3-6,8H,7H2,1-2H3. The SMILES string of the molecule is CC(C)Oc1ccc(S(=O)(=O)CCl)cc1. The monoisotopic (exact) mass is 248 g/mol. The molecule has 0 aromatic heterocycles. The third kappa shape index (κ3) is 3.39. The molecule has 0 saturated carbocycles. The Labute approximate surface area is 94.9 Å². The number of halogens is 1. The zero-order valence-corrected chi connectivity index (χ0v) is 10.2. The van der Waals surface area contributed by atoms with E-state index < -0.39 is 15.0 Å². The van der Waals surface area contributed by atoms with Gasteiger partial charge in [-0.25, -0.2) is 8.42 Å². The predicted octanol–water partition coefficient (Wildman–Crippen LogP) is 2.44. The molecule has 0 atom stereocenters. The van der Waals surface area contributed by atoms with Crippen molar-refractivity contribution in [2.45, 2.75) is 24.8 Å². The van der Waals surface area contributed by atoms with Gasteiger partial charge in [0.15, 0.2) is 9.84 Å². The zero-order chi connectivity index (χ0) is 11.5. The van der Waals surface area contributed by atoms with Crippen molar-refractivity contribution in [3.63, 3.8) is 0 Å². The van der Waals surface area contributed by atoms with Gasteiger partial charge in [-0.15, -0.1) is 11.6 Å². The molecule has 3 nitrogen and oxygen atoms in total. The maximum Gasteiger partial charge on any atom is 0.192 e. The second kappa shape index (κ2) is 4.86. The molecule has 0 bridgehead atoms. The summed E-state index contributed by atoms with van der Waals surface area (Å²) in [7, 11) is -3.33. The van der Waals surface area contributed by atoms with Crippen molar-refractivity contribution >= 4 is 21.4 Å². The summed E-state index contributed by atoms with van der Waals surface area (Å²) in [5, 5.41) is -0.405. The van der Waals surface area contributed by atoms with Gasteiger partial charge in [0, 0.05) is 0 Å². The first-order valence-corrected chi connectivity index (χ1v) is 6.70. The predicted molar refractivity (Wildman–Crippen MR) is 60.1 cm³/mol. The van der Waals surface area contributed by atoms with Gasteiger partial charge >= 0.3 is 0 Å². The Morgan fingerprint density at radius 3 is 2.20 bits per heavy atom. The molecule has 0 N–H and O–H groups in total. The number of benzene rings is 1. The molecule has 0 fully saturated rings. The maximum absolute atomic E-state index is 11.4. The molecular weight excluding hydrogens is 236 g/mol. The Morgan fingerprint density at radius 2 is 1.80 bits per heavy atom. The van der Waals surface area contributed by atoms with Gasteiger partial charge in [0.05, 0.1) is 11.0 Å². The van der Waals surface area contributed by atoms with Crippen LogP contribution in [-0.2, 0) is 9.84 Å². The number of alkyl halides is 1. The summed E-state index contributed by atoms with van der Waals surface area (Å²) in [6, 6.07) is 6.24. The Morgan fingerprint density at radius 1 is 1.27 bits per heavy atom. The van der Waals surface area contributed by atoms with Crippen molar-refractivity contribution in [2.75, 3.05) is 5.21 Å². The van der Waals surface area contributed by atoms with E-state index in [1.807, 2.05) is 13.8 Å². The molecule has 1 aromatic carbocycles. The fourth-order valence-corrected chi connectivity index (χ4v) is 2.12. The fourth-order valence-electron chi connectivity index (χ4n) is 1.06. The van der Waals surface area contributed by atoms with Crippen molar-refractivity contribution in [1.29, 1.82) is 0 Å². The molecule has 0 saturated heterocycles. The van der Waals surface area contributed by atoms with Gasteiger partial charge < -0.3 is 4.74 Å². The highest BCUT2D eigenvalue weighted by atomic mass is 35.5. The summed E-state index contributed by atoms with van der Waals surface area (Å²) in [5.41, 5.74) is 0. The van der Waals surface area contributed by atoms with E-state index in [0.717, 1.165) is 0 Å². The van der Waals surface area contributed by atoms with Crippen LogP contribution in [0, 0.1) is 0 Å². The van der Waals surface area contributed by atoms with Crippen molar-refractivity contribution in [3.05, 3.63) is 24.3 Å². The number of hydrogen-bond donors (Lipinski definition) is 0. The molecule has 0 amide bonds. The van der Waals surface area contributed by atoms with Crippen molar-refractivity contribution in [1.82, 2.24) is 0 Å². The van der Waals surface area contributed by atoms with Crippen LogP contribution in [0.2, 0.25) is 0 Å². The first kappa shape index (κ1) is 12.3. The Hall–Kier alpha value is -0.740. The van der Waals surface area contributed by atoms with E-state index in [4.69, 9.17) is 16.3 Å². The largest absolute Gasteiger partial charge is 0.491 e. The van der Waals surface area contributed by atoms with Crippen LogP contribution in [0.3, 0.4) is 0 Å². The molecule has 84 valence electrons. The van der Waals surface area contributed by atoms with Crippen molar-refractivity contribution in [2.24, 2.45) is 0 Å². The van der Waals surface area contributed by atoms with Gasteiger partial charge in [0.25, 0.3) is 0 Å². The number of ether oxygens (including phenoxy) is 1. The lowest BCUT2D eigenvalue weighted by Gasteiger charge is -2.09. The molecule has 0 aliphatic rings. The van der Waals surface area contributed by atoms with E-state index >= 15 is 0 Å². The number of rotatable bonds is 4. The lowest BCUT2D eigenvalue weighted by molar-refractivity contribution is 0.242. The Balaban J connectivity index is 2.91. The van der Waals surface area contributed by atoms with Crippen LogP contribution in [0.4, 0.5) is 0 Å². The van der Waals surface area contributed by atoms with Gasteiger partial charge in [-0.3, -0.25) is 0 Å². The van der Waals surface area contributed by atoms with E-state index in [-0.39, 0.29) is 11.0 Å². The number of sulfone groups is 1. The van der Waals surface area contributed by atoms with Crippen LogP contribution < -0.4 is 4.74 Å². The summed E-state index contributed by atoms with van der Waals surface area (Å²) >= 11 is 5.33. The third-order valence-electron chi connectivity index (χ3n) is 1.70. The number of hydrogen-bond acceptors (Lipinski definition) is 3. The minimum absolute atomic E-state index is 0.0699. The molecule has 1 rings (SSSR count). The normalized spacial score (nSPS) is 11.7. The first-order chi connectivity index (χ1) is 6.95. The van der Waals surface area contributed by atoms with Gasteiger partial charge in [0.2, 0.25) is 0 Å². The average Bonchev–Trinajstić information content (AvgIpc) is 2.18. The highest BCUT2D eigenvalue weighted by Gasteiger charge is 2.12. The second-order valence-corrected chi connectivity index (χ2v) is 5.94. The first-order valence-electron chi connectivity index (χ1n) is 4.51. The van der Waals surface area contributed by atoms with Crippen LogP contribution in [0.25, 0.3) is 0 Å². The maximum atomic E-state index is 11.4. The third-order valence-corrected chi connectivity index (χ3v) is 3.84. The molecule has 0 heterocycles. The van der Waals surface area contributed by atoms with Gasteiger partial charge in [-0.1, -0.05) is 0 Å². The van der Waals surface area contributed by atoms with Crippen molar-refractivity contribution in [3.8, 4) is 5.75 Å². The smallest absolute Gasteiger partial charge is 0.192 e. The minimum Gasteiger partial charge on any atom is -0.491 e. The quantitative estimate of drug-likeness (QED) is 0.769. The molecule has 0 spiro atoms. The molecule has 15 heavy (non-hydrogen) atoms. The molecule has 0 unspecified atom stereocenters. The van der Waals surface area contributed by atoms with Gasteiger partial charge in [-0.2, -0.15) is 0 Å². The van der Waals surface area contributed by atoms with Crippen LogP contribution in [0.5, 0.6) is 5.75 Å². The Kier molecular flexibility index (Phi) is 3.99. The van der Waals surface area contributed by atoms with E-state index in [1.165, 1.54) is 12.1 Å². The minimum atomic E-state index is -3.33. The van der Waals surface area contributed by atoms with Gasteiger partial charge in [0.1, 0.15) is 11.0 Å². The fraction of sp³-hybridized carbons (Fsp3) is 0.400. The highest BCUT2D eigenvalue weighted by Crippen LogP contribution is 2.18. The lowest BCUT2D eigenvalue weighted by Crippen LogP contribution is -2.06. The molecule has 0 aliphatic heterocycles. The molecule has 0 aliphatic carbocycles. The molecule has 1 aromatic rings. The highest BCUT2D eigenvalue weighted by molar-refractivity contribution is 7.92. The van der Waals surface area contributed by atoms with Gasteiger partial charge in [-0.05, 0) is 38.1 Å². The van der Waals surface area contributed by atoms with Crippen molar-refractivity contribution < 1.29 is 13.2 Å². The Bertz CT molecular complexity index is 409. The summed E-state index contributed by atoms with van der Waals surface area (Å²) in [6.07, 6.45) is 0.0699. The summed E-state index contributed by atoms with van der Waals surface area (Å²) in [5.74, 6) is 0.651. The van der Waals surface area contributed by atoms with E-state index in [1.54, 1.807) is 12.1 Å².